The maximum Gasteiger partial charge on any atom is 0.251 e. The SMILES string of the molecule is CCNCCNC(=O)c1ccc(Br)c(O)c1. The van der Waals surface area contributed by atoms with Crippen LogP contribution in [-0.2, 0) is 0 Å². The van der Waals surface area contributed by atoms with E-state index >= 15 is 0 Å². The van der Waals surface area contributed by atoms with Crippen LogP contribution in [0.25, 0.3) is 0 Å². The summed E-state index contributed by atoms with van der Waals surface area (Å²) in [6, 6.07) is 4.74. The van der Waals surface area contributed by atoms with Crippen molar-refractivity contribution < 1.29 is 9.90 Å². The molecule has 0 saturated heterocycles. The summed E-state index contributed by atoms with van der Waals surface area (Å²) < 4.78 is 0.580. The van der Waals surface area contributed by atoms with E-state index in [0.717, 1.165) is 13.1 Å². The molecular formula is C11H15BrN2O2. The molecule has 0 bridgehead atoms. The van der Waals surface area contributed by atoms with E-state index in [4.69, 9.17) is 0 Å². The molecule has 1 amide bonds. The molecule has 4 nitrogen and oxygen atoms in total. The first kappa shape index (κ1) is 13.0. The monoisotopic (exact) mass is 286 g/mol. The third-order valence-electron chi connectivity index (χ3n) is 2.05. The van der Waals surface area contributed by atoms with Crippen molar-refractivity contribution in [3.05, 3.63) is 28.2 Å². The van der Waals surface area contributed by atoms with Gasteiger partial charge in [-0.15, -0.1) is 0 Å². The quantitative estimate of drug-likeness (QED) is 0.719. The molecule has 3 N–H and O–H groups in total. The first-order valence-electron chi connectivity index (χ1n) is 5.12. The first-order chi connectivity index (χ1) is 7.65. The number of likely N-dealkylation sites (N-methyl/N-ethyl adjacent to an activating group) is 1. The molecule has 0 heterocycles. The number of halogens is 1. The lowest BCUT2D eigenvalue weighted by Crippen LogP contribution is -2.31. The molecule has 16 heavy (non-hydrogen) atoms. The number of amides is 1. The maximum atomic E-state index is 11.6. The van der Waals surface area contributed by atoms with Crippen LogP contribution in [0.2, 0.25) is 0 Å². The van der Waals surface area contributed by atoms with Gasteiger partial charge >= 0.3 is 0 Å². The fraction of sp³-hybridized carbons (Fsp3) is 0.364. The second-order valence-electron chi connectivity index (χ2n) is 3.28. The summed E-state index contributed by atoms with van der Waals surface area (Å²) in [5, 5.41) is 15.3. The Morgan fingerprint density at radius 2 is 2.19 bits per heavy atom. The molecule has 1 rings (SSSR count). The smallest absolute Gasteiger partial charge is 0.251 e. The molecule has 0 aliphatic heterocycles. The van der Waals surface area contributed by atoms with Crippen LogP contribution in [0.5, 0.6) is 5.75 Å². The van der Waals surface area contributed by atoms with E-state index in [1.807, 2.05) is 6.92 Å². The minimum absolute atomic E-state index is 0.0688. The summed E-state index contributed by atoms with van der Waals surface area (Å²) in [7, 11) is 0. The molecule has 0 saturated carbocycles. The van der Waals surface area contributed by atoms with Gasteiger partial charge in [0.15, 0.2) is 0 Å². The number of carbonyl (C=O) groups is 1. The van der Waals surface area contributed by atoms with Gasteiger partial charge in [0.1, 0.15) is 5.75 Å². The van der Waals surface area contributed by atoms with Gasteiger partial charge in [-0.3, -0.25) is 4.79 Å². The number of nitrogens with one attached hydrogen (secondary N) is 2. The Morgan fingerprint density at radius 1 is 1.44 bits per heavy atom. The zero-order valence-corrected chi connectivity index (χ0v) is 10.7. The van der Waals surface area contributed by atoms with Crippen molar-refractivity contribution in [2.45, 2.75) is 6.92 Å². The fourth-order valence-corrected chi connectivity index (χ4v) is 1.44. The number of benzene rings is 1. The lowest BCUT2D eigenvalue weighted by Gasteiger charge is -2.06. The molecule has 0 spiro atoms. The van der Waals surface area contributed by atoms with Crippen LogP contribution in [0.4, 0.5) is 0 Å². The van der Waals surface area contributed by atoms with Crippen LogP contribution >= 0.6 is 15.9 Å². The van der Waals surface area contributed by atoms with Crippen LogP contribution in [-0.4, -0.2) is 30.6 Å². The van der Waals surface area contributed by atoms with Gasteiger partial charge in [-0.05, 0) is 40.7 Å². The average molecular weight is 287 g/mol. The molecule has 88 valence electrons. The van der Waals surface area contributed by atoms with Gasteiger partial charge in [-0.1, -0.05) is 6.92 Å². The van der Waals surface area contributed by atoms with Crippen molar-refractivity contribution >= 4 is 21.8 Å². The highest BCUT2D eigenvalue weighted by Gasteiger charge is 2.07. The highest BCUT2D eigenvalue weighted by atomic mass is 79.9. The van der Waals surface area contributed by atoms with E-state index in [-0.39, 0.29) is 11.7 Å². The van der Waals surface area contributed by atoms with Crippen LogP contribution in [0.3, 0.4) is 0 Å². The molecule has 0 unspecified atom stereocenters. The van der Waals surface area contributed by atoms with Crippen LogP contribution < -0.4 is 10.6 Å². The molecule has 0 aliphatic carbocycles. The van der Waals surface area contributed by atoms with Gasteiger partial charge in [-0.2, -0.15) is 0 Å². The highest BCUT2D eigenvalue weighted by Crippen LogP contribution is 2.24. The molecular weight excluding hydrogens is 272 g/mol. The topological polar surface area (TPSA) is 61.4 Å². The lowest BCUT2D eigenvalue weighted by atomic mass is 10.2. The molecule has 5 heteroatoms. The van der Waals surface area contributed by atoms with Crippen molar-refractivity contribution in [2.24, 2.45) is 0 Å². The van der Waals surface area contributed by atoms with Crippen LogP contribution in [0.15, 0.2) is 22.7 Å². The Morgan fingerprint density at radius 3 is 2.81 bits per heavy atom. The fourth-order valence-electron chi connectivity index (χ4n) is 1.20. The summed E-state index contributed by atoms with van der Waals surface area (Å²) in [4.78, 5) is 11.6. The Kier molecular flexibility index (Phi) is 5.28. The number of phenolic OH excluding ortho intramolecular Hbond substituents is 1. The maximum absolute atomic E-state index is 11.6. The molecule has 1 aromatic carbocycles. The zero-order chi connectivity index (χ0) is 12.0. The molecule has 0 aliphatic rings. The largest absolute Gasteiger partial charge is 0.507 e. The Labute approximate surface area is 103 Å². The number of phenols is 1. The van der Waals surface area contributed by atoms with Crippen LogP contribution in [0, 0.1) is 0 Å². The molecule has 0 atom stereocenters. The normalized spacial score (nSPS) is 10.1. The molecule has 1 aromatic rings. The van der Waals surface area contributed by atoms with E-state index in [9.17, 15) is 9.90 Å². The third-order valence-corrected chi connectivity index (χ3v) is 2.72. The molecule has 0 fully saturated rings. The number of aromatic hydroxyl groups is 1. The van der Waals surface area contributed by atoms with E-state index in [2.05, 4.69) is 26.6 Å². The minimum Gasteiger partial charge on any atom is -0.507 e. The van der Waals surface area contributed by atoms with Gasteiger partial charge < -0.3 is 15.7 Å². The van der Waals surface area contributed by atoms with Gasteiger partial charge in [0.25, 0.3) is 5.91 Å². The van der Waals surface area contributed by atoms with E-state index in [1.165, 1.54) is 6.07 Å². The number of carbonyl (C=O) groups excluding carboxylic acids is 1. The number of hydrogen-bond acceptors (Lipinski definition) is 3. The van der Waals surface area contributed by atoms with Crippen molar-refractivity contribution in [3.8, 4) is 5.75 Å². The standard InChI is InChI=1S/C11H15BrN2O2/c1-2-13-5-6-14-11(16)8-3-4-9(12)10(15)7-8/h3-4,7,13,15H,2,5-6H2,1H3,(H,14,16). The average Bonchev–Trinajstić information content (AvgIpc) is 2.28. The Hall–Kier alpha value is -1.07. The van der Waals surface area contributed by atoms with Crippen molar-refractivity contribution in [1.29, 1.82) is 0 Å². The highest BCUT2D eigenvalue weighted by molar-refractivity contribution is 9.10. The number of rotatable bonds is 5. The van der Waals surface area contributed by atoms with Crippen molar-refractivity contribution in [2.75, 3.05) is 19.6 Å². The summed E-state index contributed by atoms with van der Waals surface area (Å²) in [6.45, 7) is 4.21. The van der Waals surface area contributed by atoms with Gasteiger partial charge in [0.2, 0.25) is 0 Å². The minimum atomic E-state index is -0.180. The second-order valence-corrected chi connectivity index (χ2v) is 4.13. The third kappa shape index (κ3) is 3.83. The van der Waals surface area contributed by atoms with E-state index < -0.39 is 0 Å². The number of hydrogen-bond donors (Lipinski definition) is 3. The van der Waals surface area contributed by atoms with Gasteiger partial charge in [0, 0.05) is 18.7 Å². The van der Waals surface area contributed by atoms with Crippen LogP contribution in [0.1, 0.15) is 17.3 Å². The summed E-state index contributed by atoms with van der Waals surface area (Å²) in [5.74, 6) is -0.111. The Balaban J connectivity index is 2.50. The van der Waals surface area contributed by atoms with Gasteiger partial charge in [0.05, 0.1) is 4.47 Å². The van der Waals surface area contributed by atoms with E-state index in [1.54, 1.807) is 12.1 Å². The van der Waals surface area contributed by atoms with E-state index in [0.29, 0.717) is 16.6 Å². The second kappa shape index (κ2) is 6.50. The van der Waals surface area contributed by atoms with Crippen molar-refractivity contribution in [3.63, 3.8) is 0 Å². The zero-order valence-electron chi connectivity index (χ0n) is 9.09. The predicted molar refractivity (Wildman–Crippen MR) is 66.7 cm³/mol. The summed E-state index contributed by atoms with van der Waals surface area (Å²) in [5.41, 5.74) is 0.456. The summed E-state index contributed by atoms with van der Waals surface area (Å²) >= 11 is 3.16. The van der Waals surface area contributed by atoms with Crippen molar-refractivity contribution in [1.82, 2.24) is 10.6 Å². The molecule has 0 radical (unpaired) electrons. The predicted octanol–water partition coefficient (Wildman–Crippen LogP) is 1.49. The first-order valence-corrected chi connectivity index (χ1v) is 5.92. The lowest BCUT2D eigenvalue weighted by molar-refractivity contribution is 0.0953. The molecule has 0 aromatic heterocycles. The Bertz CT molecular complexity index is 369. The van der Waals surface area contributed by atoms with Gasteiger partial charge in [-0.25, -0.2) is 0 Å². The summed E-state index contributed by atoms with van der Waals surface area (Å²) in [6.07, 6.45) is 0.